The molecule has 0 radical (unpaired) electrons. The number of aromatic carboxylic acids is 1. The average molecular weight is 535 g/mol. The van der Waals surface area contributed by atoms with E-state index in [1.807, 2.05) is 30.9 Å². The number of carboxylic acids is 1. The molecule has 2 N–H and O–H groups in total. The summed E-state index contributed by atoms with van der Waals surface area (Å²) in [5, 5.41) is 22.7. The number of alkyl halides is 2. The number of halogens is 2. The van der Waals surface area contributed by atoms with Gasteiger partial charge in [0.2, 0.25) is 5.91 Å². The Labute approximate surface area is 224 Å². The second-order valence-electron chi connectivity index (χ2n) is 10.2. The average Bonchev–Trinajstić information content (AvgIpc) is 3.52. The largest absolute Gasteiger partial charge is 0.478 e. The third-order valence-corrected chi connectivity index (χ3v) is 7.34. The monoisotopic (exact) mass is 534 g/mol. The van der Waals surface area contributed by atoms with Crippen molar-refractivity contribution in [3.8, 4) is 6.07 Å². The lowest BCUT2D eigenvalue weighted by Crippen LogP contribution is -2.49. The predicted molar refractivity (Wildman–Crippen MR) is 141 cm³/mol. The SMILES string of the molecule is Cc1cc(C(C)Nc2ccccc2C(=O)O)c2nc(N3CCN(C(=O)CC4CC4(F)F)CC3)c(C#N)nc2c1. The summed E-state index contributed by atoms with van der Waals surface area (Å²) < 4.78 is 26.5. The van der Waals surface area contributed by atoms with Gasteiger partial charge in [0, 0.05) is 56.2 Å². The number of carbonyl (C=O) groups is 2. The number of fused-ring (bicyclic) bond motifs is 1. The Hall–Kier alpha value is -4.33. The third kappa shape index (κ3) is 5.32. The number of hydrogen-bond donors (Lipinski definition) is 2. The molecule has 2 aromatic carbocycles. The number of amides is 1. The molecular weight excluding hydrogens is 506 g/mol. The molecule has 2 unspecified atom stereocenters. The van der Waals surface area contributed by atoms with Gasteiger partial charge < -0.3 is 20.2 Å². The fourth-order valence-corrected chi connectivity index (χ4v) is 5.05. The second-order valence-corrected chi connectivity index (χ2v) is 10.2. The Balaban J connectivity index is 1.41. The Kier molecular flexibility index (Phi) is 6.80. The predicted octanol–water partition coefficient (Wildman–Crippen LogP) is 4.38. The number of hydrogen-bond acceptors (Lipinski definition) is 7. The van der Waals surface area contributed by atoms with Gasteiger partial charge in [0.05, 0.1) is 22.6 Å². The number of piperazine rings is 1. The van der Waals surface area contributed by atoms with Crippen LogP contribution >= 0.6 is 0 Å². The van der Waals surface area contributed by atoms with Crippen LogP contribution in [0.3, 0.4) is 0 Å². The number of anilines is 2. The van der Waals surface area contributed by atoms with E-state index >= 15 is 0 Å². The molecular formula is C28H28F2N6O3. The van der Waals surface area contributed by atoms with E-state index in [0.29, 0.717) is 48.7 Å². The quantitative estimate of drug-likeness (QED) is 0.458. The zero-order valence-electron chi connectivity index (χ0n) is 21.6. The Bertz CT molecular complexity index is 1500. The molecule has 2 fully saturated rings. The highest BCUT2D eigenvalue weighted by atomic mass is 19.3. The maximum Gasteiger partial charge on any atom is 0.337 e. The van der Waals surface area contributed by atoms with Gasteiger partial charge in [-0.2, -0.15) is 5.26 Å². The number of rotatable bonds is 7. The summed E-state index contributed by atoms with van der Waals surface area (Å²) in [6.45, 7) is 5.28. The number of nitrogens with one attached hydrogen (secondary N) is 1. The molecule has 3 aromatic rings. The van der Waals surface area contributed by atoms with Gasteiger partial charge in [-0.15, -0.1) is 0 Å². The first-order valence-electron chi connectivity index (χ1n) is 12.8. The van der Waals surface area contributed by atoms with E-state index < -0.39 is 17.8 Å². The number of aryl methyl sites for hydroxylation is 1. The van der Waals surface area contributed by atoms with Crippen LogP contribution in [0, 0.1) is 24.2 Å². The van der Waals surface area contributed by atoms with Crippen molar-refractivity contribution in [2.45, 2.75) is 38.7 Å². The van der Waals surface area contributed by atoms with Gasteiger partial charge in [0.25, 0.3) is 5.92 Å². The third-order valence-electron chi connectivity index (χ3n) is 7.34. The van der Waals surface area contributed by atoms with Crippen LogP contribution in [-0.4, -0.2) is 64.0 Å². The summed E-state index contributed by atoms with van der Waals surface area (Å²) in [4.78, 5) is 37.1. The van der Waals surface area contributed by atoms with Crippen molar-refractivity contribution >= 4 is 34.4 Å². The molecule has 1 amide bonds. The molecule has 2 atom stereocenters. The van der Waals surface area contributed by atoms with Crippen LogP contribution < -0.4 is 10.2 Å². The van der Waals surface area contributed by atoms with Crippen molar-refractivity contribution < 1.29 is 23.5 Å². The summed E-state index contributed by atoms with van der Waals surface area (Å²) in [6.07, 6.45) is -0.376. The first-order chi connectivity index (χ1) is 18.6. The number of aromatic nitrogens is 2. The van der Waals surface area contributed by atoms with Gasteiger partial charge in [-0.3, -0.25) is 4.79 Å². The topological polar surface area (TPSA) is 122 Å². The van der Waals surface area contributed by atoms with Crippen LogP contribution in [0.5, 0.6) is 0 Å². The molecule has 0 bridgehead atoms. The smallest absolute Gasteiger partial charge is 0.337 e. The molecule has 1 aromatic heterocycles. The molecule has 39 heavy (non-hydrogen) atoms. The van der Waals surface area contributed by atoms with Crippen molar-refractivity contribution in [2.75, 3.05) is 36.4 Å². The van der Waals surface area contributed by atoms with Gasteiger partial charge in [-0.25, -0.2) is 23.5 Å². The number of nitrogens with zero attached hydrogens (tertiary/aromatic N) is 5. The molecule has 1 aliphatic heterocycles. The number of carboxylic acid groups (broad SMARTS) is 1. The molecule has 0 spiro atoms. The van der Waals surface area contributed by atoms with Crippen molar-refractivity contribution in [3.05, 3.63) is 58.8 Å². The summed E-state index contributed by atoms with van der Waals surface area (Å²) in [5.74, 6) is -4.50. The lowest BCUT2D eigenvalue weighted by Gasteiger charge is -2.35. The van der Waals surface area contributed by atoms with E-state index in [1.54, 1.807) is 23.1 Å². The summed E-state index contributed by atoms with van der Waals surface area (Å²) in [7, 11) is 0. The normalized spacial score (nSPS) is 18.9. The van der Waals surface area contributed by atoms with Crippen molar-refractivity contribution in [1.29, 1.82) is 5.26 Å². The minimum absolute atomic E-state index is 0.148. The lowest BCUT2D eigenvalue weighted by molar-refractivity contribution is -0.132. The van der Waals surface area contributed by atoms with Crippen molar-refractivity contribution in [3.63, 3.8) is 0 Å². The van der Waals surface area contributed by atoms with Crippen LogP contribution in [0.1, 0.15) is 53.0 Å². The van der Waals surface area contributed by atoms with Crippen LogP contribution in [-0.2, 0) is 4.79 Å². The molecule has 2 heterocycles. The minimum atomic E-state index is -2.72. The van der Waals surface area contributed by atoms with Gasteiger partial charge in [-0.05, 0) is 37.6 Å². The highest BCUT2D eigenvalue weighted by Gasteiger charge is 2.57. The van der Waals surface area contributed by atoms with E-state index in [9.17, 15) is 28.7 Å². The fourth-order valence-electron chi connectivity index (χ4n) is 5.05. The summed E-state index contributed by atoms with van der Waals surface area (Å²) >= 11 is 0. The molecule has 11 heteroatoms. The maximum absolute atomic E-state index is 13.3. The first kappa shape index (κ1) is 26.3. The van der Waals surface area contributed by atoms with Gasteiger partial charge >= 0.3 is 5.97 Å². The molecule has 1 aliphatic carbocycles. The van der Waals surface area contributed by atoms with E-state index in [0.717, 1.165) is 11.1 Å². The van der Waals surface area contributed by atoms with Crippen LogP contribution in [0.4, 0.5) is 20.3 Å². The Morgan fingerprint density at radius 3 is 2.54 bits per heavy atom. The number of carbonyl (C=O) groups excluding carboxylic acids is 1. The summed E-state index contributed by atoms with van der Waals surface area (Å²) in [5.41, 5.74) is 3.62. The molecule has 9 nitrogen and oxygen atoms in total. The highest BCUT2D eigenvalue weighted by molar-refractivity contribution is 5.94. The standard InChI is InChI=1S/C28H28F2N6O3/c1-16-11-20(17(2)32-21-6-4-3-5-19(21)27(38)39)25-22(12-16)33-23(15-31)26(34-25)36-9-7-35(8-10-36)24(37)13-18-14-28(18,29)30/h3-6,11-12,17-18,32H,7-10,13-14H2,1-2H3,(H,38,39). The molecule has 2 aliphatic rings. The number of nitriles is 1. The zero-order chi connectivity index (χ0) is 27.9. The second kappa shape index (κ2) is 10.1. The summed E-state index contributed by atoms with van der Waals surface area (Å²) in [6, 6.07) is 12.3. The zero-order valence-corrected chi connectivity index (χ0v) is 21.6. The Morgan fingerprint density at radius 1 is 1.21 bits per heavy atom. The highest BCUT2D eigenvalue weighted by Crippen LogP contribution is 2.50. The van der Waals surface area contributed by atoms with E-state index in [4.69, 9.17) is 4.98 Å². The molecule has 1 saturated heterocycles. The van der Waals surface area contributed by atoms with Crippen LogP contribution in [0.15, 0.2) is 36.4 Å². The molecule has 1 saturated carbocycles. The van der Waals surface area contributed by atoms with Gasteiger partial charge in [0.1, 0.15) is 6.07 Å². The Morgan fingerprint density at radius 2 is 1.90 bits per heavy atom. The molecule has 5 rings (SSSR count). The first-order valence-corrected chi connectivity index (χ1v) is 12.8. The number of benzene rings is 2. The minimum Gasteiger partial charge on any atom is -0.478 e. The van der Waals surface area contributed by atoms with Crippen molar-refractivity contribution in [1.82, 2.24) is 14.9 Å². The van der Waals surface area contributed by atoms with E-state index in [2.05, 4.69) is 16.4 Å². The molecule has 202 valence electrons. The van der Waals surface area contributed by atoms with Crippen LogP contribution in [0.2, 0.25) is 0 Å². The van der Waals surface area contributed by atoms with Gasteiger partial charge in [-0.1, -0.05) is 18.2 Å². The fraction of sp³-hybridized carbons (Fsp3) is 0.393. The van der Waals surface area contributed by atoms with E-state index in [-0.39, 0.29) is 36.0 Å². The van der Waals surface area contributed by atoms with Crippen LogP contribution in [0.25, 0.3) is 11.0 Å². The van der Waals surface area contributed by atoms with Crippen molar-refractivity contribution in [2.24, 2.45) is 5.92 Å². The lowest BCUT2D eigenvalue weighted by atomic mass is 10.0. The van der Waals surface area contributed by atoms with Gasteiger partial charge in [0.15, 0.2) is 11.5 Å². The maximum atomic E-state index is 13.3. The number of para-hydroxylation sites is 1. The van der Waals surface area contributed by atoms with E-state index in [1.165, 1.54) is 6.07 Å².